The summed E-state index contributed by atoms with van der Waals surface area (Å²) in [5.41, 5.74) is 0.353. The van der Waals surface area contributed by atoms with Gasteiger partial charge in [-0.1, -0.05) is 18.2 Å². The molecule has 0 aliphatic carbocycles. The molecule has 2 rings (SSSR count). The van der Waals surface area contributed by atoms with Crippen molar-refractivity contribution in [2.45, 2.75) is 24.4 Å². The van der Waals surface area contributed by atoms with Gasteiger partial charge in [-0.25, -0.2) is 9.18 Å². The second kappa shape index (κ2) is 6.17. The Bertz CT molecular complexity index is 428. The highest BCUT2D eigenvalue weighted by atomic mass is 19.1. The van der Waals surface area contributed by atoms with E-state index in [1.54, 1.807) is 30.3 Å². The summed E-state index contributed by atoms with van der Waals surface area (Å²) in [4.78, 5) is 11.9. The van der Waals surface area contributed by atoms with Gasteiger partial charge in [-0.05, 0) is 12.1 Å². The van der Waals surface area contributed by atoms with Crippen LogP contribution in [0.1, 0.15) is 10.4 Å². The summed E-state index contributed by atoms with van der Waals surface area (Å²) in [6.07, 6.45) is -3.31. The molecule has 4 nitrogen and oxygen atoms in total. The van der Waals surface area contributed by atoms with E-state index < -0.39 is 30.4 Å². The fourth-order valence-electron chi connectivity index (χ4n) is 1.95. The molecular formula is C13H14BFO4. The van der Waals surface area contributed by atoms with Crippen molar-refractivity contribution in [2.24, 2.45) is 0 Å². The van der Waals surface area contributed by atoms with E-state index in [0.717, 1.165) is 0 Å². The first-order valence-electron chi connectivity index (χ1n) is 5.93. The molecular weight excluding hydrogens is 250 g/mol. The minimum atomic E-state index is -1.56. The number of alkyl halides is 1. The molecule has 0 N–H and O–H groups in total. The SMILES string of the molecule is [B][C@@H]1O[C@H](COC)C(OC(=O)c2ccccc2)[C@@H]1F. The molecule has 100 valence electrons. The predicted octanol–water partition coefficient (Wildman–Crippen LogP) is 1.09. The van der Waals surface area contributed by atoms with Gasteiger partial charge in [0.2, 0.25) is 0 Å². The first-order chi connectivity index (χ1) is 9.13. The third-order valence-electron chi connectivity index (χ3n) is 2.91. The summed E-state index contributed by atoms with van der Waals surface area (Å²) in [5.74, 6) is -0.605. The van der Waals surface area contributed by atoms with Gasteiger partial charge in [0.1, 0.15) is 14.0 Å². The summed E-state index contributed by atoms with van der Waals surface area (Å²) in [6.45, 7) is 0.112. The third kappa shape index (κ3) is 3.14. The molecule has 1 aliphatic rings. The standard InChI is InChI=1S/C13H14BFO4/c1-17-7-9-11(10(15)12(14)18-9)19-13(16)8-5-3-2-4-6-8/h2-6,9-12H,7H2,1H3/t9-,10+,11?,12-/m1/s1. The highest BCUT2D eigenvalue weighted by molar-refractivity contribution is 6.11. The Labute approximate surface area is 112 Å². The molecule has 4 atom stereocenters. The minimum absolute atomic E-state index is 0.112. The van der Waals surface area contributed by atoms with Crippen molar-refractivity contribution in [1.82, 2.24) is 0 Å². The van der Waals surface area contributed by atoms with Gasteiger partial charge in [0.25, 0.3) is 0 Å². The quantitative estimate of drug-likeness (QED) is 0.603. The maximum atomic E-state index is 13.8. The Morgan fingerprint density at radius 1 is 1.42 bits per heavy atom. The molecule has 0 aromatic heterocycles. The Morgan fingerprint density at radius 3 is 2.74 bits per heavy atom. The fourth-order valence-corrected chi connectivity index (χ4v) is 1.95. The third-order valence-corrected chi connectivity index (χ3v) is 2.91. The van der Waals surface area contributed by atoms with Crippen molar-refractivity contribution in [2.75, 3.05) is 13.7 Å². The van der Waals surface area contributed by atoms with Crippen LogP contribution in [0.4, 0.5) is 4.39 Å². The van der Waals surface area contributed by atoms with Crippen molar-refractivity contribution in [1.29, 1.82) is 0 Å². The van der Waals surface area contributed by atoms with Gasteiger partial charge in [-0.2, -0.15) is 0 Å². The lowest BCUT2D eigenvalue weighted by Gasteiger charge is -2.19. The first-order valence-corrected chi connectivity index (χ1v) is 5.93. The van der Waals surface area contributed by atoms with Crippen molar-refractivity contribution in [3.63, 3.8) is 0 Å². The first kappa shape index (κ1) is 14.0. The summed E-state index contributed by atoms with van der Waals surface area (Å²) in [5, 5.41) is 0. The number of carbonyl (C=O) groups is 1. The number of carbonyl (C=O) groups excluding carboxylic acids is 1. The topological polar surface area (TPSA) is 44.8 Å². The van der Waals surface area contributed by atoms with Crippen LogP contribution in [0, 0.1) is 0 Å². The zero-order chi connectivity index (χ0) is 13.8. The van der Waals surface area contributed by atoms with Crippen LogP contribution in [0.25, 0.3) is 0 Å². The number of benzene rings is 1. The Kier molecular flexibility index (Phi) is 4.55. The molecule has 0 amide bonds. The molecule has 2 radical (unpaired) electrons. The van der Waals surface area contributed by atoms with E-state index in [0.29, 0.717) is 5.56 Å². The van der Waals surface area contributed by atoms with Crippen LogP contribution in [0.2, 0.25) is 0 Å². The lowest BCUT2D eigenvalue weighted by Crippen LogP contribution is -2.36. The second-order valence-corrected chi connectivity index (χ2v) is 4.27. The van der Waals surface area contributed by atoms with Crippen LogP contribution in [-0.2, 0) is 14.2 Å². The Morgan fingerprint density at radius 2 is 2.11 bits per heavy atom. The molecule has 0 spiro atoms. The summed E-state index contributed by atoms with van der Waals surface area (Å²) >= 11 is 0. The smallest absolute Gasteiger partial charge is 0.338 e. The van der Waals surface area contributed by atoms with Gasteiger partial charge in [0, 0.05) is 7.11 Å². The van der Waals surface area contributed by atoms with E-state index in [1.165, 1.54) is 7.11 Å². The van der Waals surface area contributed by atoms with Crippen LogP contribution >= 0.6 is 0 Å². The van der Waals surface area contributed by atoms with E-state index in [4.69, 9.17) is 22.1 Å². The van der Waals surface area contributed by atoms with E-state index in [9.17, 15) is 9.18 Å². The van der Waals surface area contributed by atoms with E-state index in [-0.39, 0.29) is 6.61 Å². The molecule has 0 saturated carbocycles. The lowest BCUT2D eigenvalue weighted by atomic mass is 9.94. The zero-order valence-electron chi connectivity index (χ0n) is 10.5. The van der Waals surface area contributed by atoms with Gasteiger partial charge >= 0.3 is 5.97 Å². The van der Waals surface area contributed by atoms with Gasteiger partial charge < -0.3 is 14.2 Å². The van der Waals surface area contributed by atoms with Crippen LogP contribution in [0.15, 0.2) is 30.3 Å². The van der Waals surface area contributed by atoms with Crippen LogP contribution < -0.4 is 0 Å². The molecule has 19 heavy (non-hydrogen) atoms. The predicted molar refractivity (Wildman–Crippen MR) is 66.8 cm³/mol. The number of rotatable bonds is 4. The number of ether oxygens (including phenoxy) is 3. The van der Waals surface area contributed by atoms with Crippen molar-refractivity contribution < 1.29 is 23.4 Å². The van der Waals surface area contributed by atoms with E-state index >= 15 is 0 Å². The van der Waals surface area contributed by atoms with Gasteiger partial charge in [0.05, 0.1) is 18.2 Å². The average Bonchev–Trinajstić information content (AvgIpc) is 2.68. The molecule has 1 heterocycles. The zero-order valence-corrected chi connectivity index (χ0v) is 10.5. The minimum Gasteiger partial charge on any atom is -0.453 e. The maximum absolute atomic E-state index is 13.8. The largest absolute Gasteiger partial charge is 0.453 e. The van der Waals surface area contributed by atoms with Gasteiger partial charge in [-0.3, -0.25) is 0 Å². The molecule has 1 unspecified atom stereocenters. The second-order valence-electron chi connectivity index (χ2n) is 4.27. The van der Waals surface area contributed by atoms with E-state index in [1.807, 2.05) is 0 Å². The van der Waals surface area contributed by atoms with Gasteiger partial charge in [-0.15, -0.1) is 0 Å². The molecule has 1 aromatic rings. The van der Waals surface area contributed by atoms with Crippen molar-refractivity contribution in [3.05, 3.63) is 35.9 Å². The molecule has 1 saturated heterocycles. The number of esters is 1. The maximum Gasteiger partial charge on any atom is 0.338 e. The molecule has 6 heteroatoms. The van der Waals surface area contributed by atoms with Gasteiger partial charge in [0.15, 0.2) is 12.3 Å². The highest BCUT2D eigenvalue weighted by Crippen LogP contribution is 2.26. The lowest BCUT2D eigenvalue weighted by molar-refractivity contribution is -0.0353. The fraction of sp³-hybridized carbons (Fsp3) is 0.462. The number of methoxy groups -OCH3 is 1. The molecule has 1 fully saturated rings. The van der Waals surface area contributed by atoms with Crippen molar-refractivity contribution >= 4 is 13.8 Å². The van der Waals surface area contributed by atoms with Crippen molar-refractivity contribution in [3.8, 4) is 0 Å². The highest BCUT2D eigenvalue weighted by Gasteiger charge is 2.45. The summed E-state index contributed by atoms with van der Waals surface area (Å²) in [6, 6.07) is 7.26. The monoisotopic (exact) mass is 264 g/mol. The van der Waals surface area contributed by atoms with E-state index in [2.05, 4.69) is 0 Å². The normalized spacial score (nSPS) is 30.2. The van der Waals surface area contributed by atoms with Crippen LogP contribution in [0.3, 0.4) is 0 Å². The molecule has 0 bridgehead atoms. The molecule has 1 aromatic carbocycles. The van der Waals surface area contributed by atoms with Crippen LogP contribution in [0.5, 0.6) is 0 Å². The average molecular weight is 264 g/mol. The summed E-state index contributed by atoms with van der Waals surface area (Å²) < 4.78 is 29.1. The Hall–Kier alpha value is -1.40. The summed E-state index contributed by atoms with van der Waals surface area (Å²) in [7, 11) is 6.91. The molecule has 1 aliphatic heterocycles. The number of halogens is 1. The van der Waals surface area contributed by atoms with Crippen LogP contribution in [-0.4, -0.2) is 51.9 Å². The number of hydrogen-bond acceptors (Lipinski definition) is 4. The number of hydrogen-bond donors (Lipinski definition) is 0. The Balaban J connectivity index is 2.06.